The fourth-order valence-corrected chi connectivity index (χ4v) is 2.83. The molecule has 0 fully saturated rings. The number of aryl methyl sites for hydroxylation is 1. The zero-order valence-electron chi connectivity index (χ0n) is 14.5. The van der Waals surface area contributed by atoms with E-state index in [0.29, 0.717) is 6.54 Å². The summed E-state index contributed by atoms with van der Waals surface area (Å²) in [5.41, 5.74) is 3.24. The maximum atomic E-state index is 12.0. The van der Waals surface area contributed by atoms with Crippen molar-refractivity contribution in [3.05, 3.63) is 65.7 Å². The molecule has 2 amide bonds. The molecule has 5 heteroatoms. The lowest BCUT2D eigenvalue weighted by Gasteiger charge is -2.20. The van der Waals surface area contributed by atoms with Crippen molar-refractivity contribution in [3.63, 3.8) is 0 Å². The normalized spacial score (nSPS) is 13.5. The van der Waals surface area contributed by atoms with Crippen LogP contribution in [0.5, 0.6) is 0 Å². The first-order valence-electron chi connectivity index (χ1n) is 8.64. The predicted octanol–water partition coefficient (Wildman–Crippen LogP) is 3.07. The summed E-state index contributed by atoms with van der Waals surface area (Å²) in [6, 6.07) is 17.9. The molecule has 0 saturated carbocycles. The highest BCUT2D eigenvalue weighted by molar-refractivity contribution is 5.89. The highest BCUT2D eigenvalue weighted by Gasteiger charge is 2.16. The van der Waals surface area contributed by atoms with Crippen molar-refractivity contribution in [3.8, 4) is 0 Å². The molecule has 0 spiro atoms. The molecule has 1 heterocycles. The summed E-state index contributed by atoms with van der Waals surface area (Å²) in [5, 5.41) is 5.76. The van der Waals surface area contributed by atoms with Crippen LogP contribution in [-0.4, -0.2) is 42.9 Å². The van der Waals surface area contributed by atoms with E-state index in [9.17, 15) is 4.79 Å². The molecule has 2 aromatic carbocycles. The van der Waals surface area contributed by atoms with Gasteiger partial charge < -0.3 is 15.5 Å². The molecule has 0 unspecified atom stereocenters. The van der Waals surface area contributed by atoms with E-state index in [-0.39, 0.29) is 6.03 Å². The fraction of sp³-hybridized carbons (Fsp3) is 0.300. The molecule has 1 aliphatic heterocycles. The van der Waals surface area contributed by atoms with Crippen molar-refractivity contribution >= 4 is 17.6 Å². The minimum absolute atomic E-state index is 0.176. The monoisotopic (exact) mass is 336 g/mol. The van der Waals surface area contributed by atoms with Crippen LogP contribution < -0.4 is 10.6 Å². The summed E-state index contributed by atoms with van der Waals surface area (Å²) < 4.78 is 0. The number of nitrogens with zero attached hydrogens (tertiary/aromatic N) is 2. The minimum Gasteiger partial charge on any atom is -0.356 e. The number of benzene rings is 2. The molecule has 5 nitrogen and oxygen atoms in total. The molecule has 0 bridgehead atoms. The lowest BCUT2D eigenvalue weighted by atomic mass is 10.1. The second-order valence-electron chi connectivity index (χ2n) is 6.19. The van der Waals surface area contributed by atoms with Gasteiger partial charge in [-0.05, 0) is 24.6 Å². The molecule has 0 atom stereocenters. The first-order valence-corrected chi connectivity index (χ1v) is 8.64. The van der Waals surface area contributed by atoms with E-state index >= 15 is 0 Å². The molecule has 3 rings (SSSR count). The van der Waals surface area contributed by atoms with Crippen LogP contribution in [-0.2, 0) is 6.42 Å². The van der Waals surface area contributed by atoms with Crippen LogP contribution in [0.25, 0.3) is 0 Å². The number of nitrogens with one attached hydrogen (secondary N) is 2. The van der Waals surface area contributed by atoms with Crippen LogP contribution in [0.1, 0.15) is 11.1 Å². The van der Waals surface area contributed by atoms with Crippen LogP contribution in [0.4, 0.5) is 10.5 Å². The SMILES string of the molecule is Cc1ccc(NC(=O)NCCN2CCN=C2Cc2ccccc2)cc1. The molecule has 2 aromatic rings. The van der Waals surface area contributed by atoms with Crippen molar-refractivity contribution in [2.75, 3.05) is 31.5 Å². The van der Waals surface area contributed by atoms with Crippen molar-refractivity contribution < 1.29 is 4.79 Å². The van der Waals surface area contributed by atoms with Gasteiger partial charge in [-0.15, -0.1) is 0 Å². The Balaban J connectivity index is 1.42. The maximum absolute atomic E-state index is 12.0. The quantitative estimate of drug-likeness (QED) is 0.852. The fourth-order valence-electron chi connectivity index (χ4n) is 2.83. The van der Waals surface area contributed by atoms with E-state index in [4.69, 9.17) is 0 Å². The molecule has 0 saturated heterocycles. The largest absolute Gasteiger partial charge is 0.356 e. The van der Waals surface area contributed by atoms with E-state index in [1.165, 1.54) is 11.1 Å². The number of carbonyl (C=O) groups excluding carboxylic acids is 1. The third-order valence-electron chi connectivity index (χ3n) is 4.21. The molecular weight excluding hydrogens is 312 g/mol. The van der Waals surface area contributed by atoms with Gasteiger partial charge in [0.1, 0.15) is 5.84 Å². The van der Waals surface area contributed by atoms with Gasteiger partial charge in [-0.1, -0.05) is 48.0 Å². The number of hydrogen-bond donors (Lipinski definition) is 2. The van der Waals surface area contributed by atoms with Crippen LogP contribution >= 0.6 is 0 Å². The maximum Gasteiger partial charge on any atom is 0.319 e. The van der Waals surface area contributed by atoms with Crippen LogP contribution in [0.2, 0.25) is 0 Å². The Morgan fingerprint density at radius 3 is 2.64 bits per heavy atom. The average molecular weight is 336 g/mol. The Bertz CT molecular complexity index is 725. The number of amides is 2. The first kappa shape index (κ1) is 17.0. The molecule has 0 aliphatic carbocycles. The smallest absolute Gasteiger partial charge is 0.319 e. The van der Waals surface area contributed by atoms with Gasteiger partial charge in [0.15, 0.2) is 0 Å². The van der Waals surface area contributed by atoms with E-state index in [0.717, 1.165) is 37.6 Å². The van der Waals surface area contributed by atoms with Gasteiger partial charge >= 0.3 is 6.03 Å². The lowest BCUT2D eigenvalue weighted by Crippen LogP contribution is -2.39. The first-order chi connectivity index (χ1) is 12.2. The number of anilines is 1. The number of hydrogen-bond acceptors (Lipinski definition) is 3. The van der Waals surface area contributed by atoms with Crippen LogP contribution in [0, 0.1) is 6.92 Å². The highest BCUT2D eigenvalue weighted by Crippen LogP contribution is 2.09. The third-order valence-corrected chi connectivity index (χ3v) is 4.21. The van der Waals surface area contributed by atoms with Crippen molar-refractivity contribution in [1.29, 1.82) is 0 Å². The Hall–Kier alpha value is -2.82. The standard InChI is InChI=1S/C20H24N4O/c1-16-7-9-18(10-8-16)23-20(25)22-12-14-24-13-11-21-19(24)15-17-5-3-2-4-6-17/h2-10H,11-15H2,1H3,(H2,22,23,25). The Morgan fingerprint density at radius 2 is 1.88 bits per heavy atom. The summed E-state index contributed by atoms with van der Waals surface area (Å²) in [5.74, 6) is 1.10. The molecule has 25 heavy (non-hydrogen) atoms. The van der Waals surface area contributed by atoms with Gasteiger partial charge in [-0.2, -0.15) is 0 Å². The third kappa shape index (κ3) is 5.08. The zero-order valence-corrected chi connectivity index (χ0v) is 14.5. The summed E-state index contributed by atoms with van der Waals surface area (Å²) >= 11 is 0. The number of urea groups is 1. The number of amidine groups is 1. The lowest BCUT2D eigenvalue weighted by molar-refractivity contribution is 0.251. The Kier molecular flexibility index (Phi) is 5.67. The molecular formula is C20H24N4O. The molecule has 130 valence electrons. The minimum atomic E-state index is -0.176. The average Bonchev–Trinajstić information content (AvgIpc) is 3.05. The van der Waals surface area contributed by atoms with Crippen molar-refractivity contribution in [2.45, 2.75) is 13.3 Å². The van der Waals surface area contributed by atoms with Gasteiger partial charge in [-0.3, -0.25) is 4.99 Å². The van der Waals surface area contributed by atoms with E-state index in [2.05, 4.69) is 32.7 Å². The number of aliphatic imine (C=N–C) groups is 1. The van der Waals surface area contributed by atoms with Gasteiger partial charge in [-0.25, -0.2) is 4.79 Å². The number of carbonyl (C=O) groups is 1. The summed E-state index contributed by atoms with van der Waals surface area (Å²) in [4.78, 5) is 18.8. The molecule has 2 N–H and O–H groups in total. The summed E-state index contributed by atoms with van der Waals surface area (Å²) in [6.07, 6.45) is 0.844. The molecule has 0 aromatic heterocycles. The Labute approximate surface area is 148 Å². The van der Waals surface area contributed by atoms with E-state index in [1.54, 1.807) is 0 Å². The van der Waals surface area contributed by atoms with Gasteiger partial charge in [0, 0.05) is 31.7 Å². The molecule has 1 aliphatic rings. The summed E-state index contributed by atoms with van der Waals surface area (Å²) in [7, 11) is 0. The topological polar surface area (TPSA) is 56.7 Å². The van der Waals surface area contributed by atoms with Gasteiger partial charge in [0.25, 0.3) is 0 Å². The predicted molar refractivity (Wildman–Crippen MR) is 102 cm³/mol. The second-order valence-corrected chi connectivity index (χ2v) is 6.19. The van der Waals surface area contributed by atoms with E-state index in [1.807, 2.05) is 49.4 Å². The second kappa shape index (κ2) is 8.33. The highest BCUT2D eigenvalue weighted by atomic mass is 16.2. The van der Waals surface area contributed by atoms with Crippen LogP contribution in [0.15, 0.2) is 59.6 Å². The summed E-state index contributed by atoms with van der Waals surface area (Å²) in [6.45, 7) is 5.13. The Morgan fingerprint density at radius 1 is 1.12 bits per heavy atom. The van der Waals surface area contributed by atoms with Gasteiger partial charge in [0.05, 0.1) is 6.54 Å². The van der Waals surface area contributed by atoms with Crippen LogP contribution in [0.3, 0.4) is 0 Å². The zero-order chi connectivity index (χ0) is 17.5. The van der Waals surface area contributed by atoms with Gasteiger partial charge in [0.2, 0.25) is 0 Å². The number of rotatable bonds is 6. The van der Waals surface area contributed by atoms with E-state index < -0.39 is 0 Å². The molecule has 0 radical (unpaired) electrons. The van der Waals surface area contributed by atoms with Crippen molar-refractivity contribution in [2.24, 2.45) is 4.99 Å². The van der Waals surface area contributed by atoms with Crippen molar-refractivity contribution in [1.82, 2.24) is 10.2 Å².